The Bertz CT molecular complexity index is 512. The first-order valence-corrected chi connectivity index (χ1v) is 8.97. The molecule has 1 aliphatic heterocycles. The molecule has 0 spiro atoms. The molecule has 2 fully saturated rings. The van der Waals surface area contributed by atoms with Crippen molar-refractivity contribution >= 4 is 22.7 Å². The van der Waals surface area contributed by atoms with Gasteiger partial charge in [-0.2, -0.15) is 4.37 Å². The normalized spacial score (nSPS) is 22.8. The standard InChI is InChI=1S/C15H25N5OS/c1-19(2)14(21)16-12-8-5-9-20(10-12)15-17-13(18-22-15)11-6-3-4-7-11/h11-12H,3-10H2,1-2H3,(H,16,21). The van der Waals surface area contributed by atoms with Gasteiger partial charge < -0.3 is 15.1 Å². The maximum atomic E-state index is 11.8. The van der Waals surface area contributed by atoms with Crippen molar-refractivity contribution in [2.45, 2.75) is 50.5 Å². The summed E-state index contributed by atoms with van der Waals surface area (Å²) < 4.78 is 4.58. The lowest BCUT2D eigenvalue weighted by Gasteiger charge is -2.33. The van der Waals surface area contributed by atoms with Crippen LogP contribution in [0.3, 0.4) is 0 Å². The summed E-state index contributed by atoms with van der Waals surface area (Å²) in [5.41, 5.74) is 0. The number of anilines is 1. The summed E-state index contributed by atoms with van der Waals surface area (Å²) in [5.74, 6) is 1.61. The van der Waals surface area contributed by atoms with Crippen LogP contribution in [0.15, 0.2) is 0 Å². The zero-order valence-electron chi connectivity index (χ0n) is 13.4. The molecule has 0 bridgehead atoms. The fourth-order valence-electron chi connectivity index (χ4n) is 3.28. The van der Waals surface area contributed by atoms with E-state index in [0.29, 0.717) is 5.92 Å². The van der Waals surface area contributed by atoms with Crippen LogP contribution in [0.5, 0.6) is 0 Å². The van der Waals surface area contributed by atoms with Gasteiger partial charge in [0, 0.05) is 50.7 Å². The van der Waals surface area contributed by atoms with E-state index in [-0.39, 0.29) is 12.1 Å². The van der Waals surface area contributed by atoms with E-state index >= 15 is 0 Å². The zero-order chi connectivity index (χ0) is 15.5. The van der Waals surface area contributed by atoms with Gasteiger partial charge in [-0.25, -0.2) is 9.78 Å². The second-order valence-corrected chi connectivity index (χ2v) is 7.28. The fourth-order valence-corrected chi connectivity index (χ4v) is 4.06. The van der Waals surface area contributed by atoms with Crippen LogP contribution in [0.4, 0.5) is 9.93 Å². The molecular weight excluding hydrogens is 298 g/mol. The molecule has 1 N–H and O–H groups in total. The molecule has 1 unspecified atom stereocenters. The largest absolute Gasteiger partial charge is 0.345 e. The molecule has 1 saturated heterocycles. The molecule has 1 aliphatic carbocycles. The molecule has 22 heavy (non-hydrogen) atoms. The first kappa shape index (κ1) is 15.5. The quantitative estimate of drug-likeness (QED) is 0.928. The lowest BCUT2D eigenvalue weighted by atomic mass is 10.1. The Morgan fingerprint density at radius 2 is 2.05 bits per heavy atom. The number of aromatic nitrogens is 2. The molecule has 2 heterocycles. The summed E-state index contributed by atoms with van der Waals surface area (Å²) in [6, 6.07) is 0.179. The van der Waals surface area contributed by atoms with E-state index in [0.717, 1.165) is 36.9 Å². The number of amides is 2. The number of carbonyl (C=O) groups is 1. The molecule has 3 rings (SSSR count). The van der Waals surface area contributed by atoms with Gasteiger partial charge >= 0.3 is 6.03 Å². The molecular formula is C15H25N5OS. The Balaban J connectivity index is 1.60. The number of rotatable bonds is 3. The van der Waals surface area contributed by atoms with Crippen LogP contribution in [0.25, 0.3) is 0 Å². The third-order valence-electron chi connectivity index (χ3n) is 4.58. The maximum absolute atomic E-state index is 11.8. The van der Waals surface area contributed by atoms with Crippen LogP contribution < -0.4 is 10.2 Å². The second-order valence-electron chi connectivity index (χ2n) is 6.55. The number of hydrogen-bond acceptors (Lipinski definition) is 5. The SMILES string of the molecule is CN(C)C(=O)NC1CCCN(c2nc(C3CCCC3)ns2)C1. The summed E-state index contributed by atoms with van der Waals surface area (Å²) in [6.45, 7) is 1.84. The average molecular weight is 323 g/mol. The minimum Gasteiger partial charge on any atom is -0.345 e. The van der Waals surface area contributed by atoms with Crippen LogP contribution in [-0.2, 0) is 0 Å². The first-order chi connectivity index (χ1) is 10.6. The van der Waals surface area contributed by atoms with Crippen molar-refractivity contribution in [1.29, 1.82) is 0 Å². The molecule has 1 aromatic heterocycles. The highest BCUT2D eigenvalue weighted by Crippen LogP contribution is 2.34. The smallest absolute Gasteiger partial charge is 0.317 e. The molecule has 1 atom stereocenters. The van der Waals surface area contributed by atoms with Crippen LogP contribution in [0, 0.1) is 0 Å². The predicted octanol–water partition coefficient (Wildman–Crippen LogP) is 2.44. The number of nitrogens with zero attached hydrogens (tertiary/aromatic N) is 4. The van der Waals surface area contributed by atoms with Crippen LogP contribution in [0.1, 0.15) is 50.3 Å². The number of nitrogens with one attached hydrogen (secondary N) is 1. The Morgan fingerprint density at radius 3 is 2.77 bits per heavy atom. The van der Waals surface area contributed by atoms with Crippen molar-refractivity contribution in [3.63, 3.8) is 0 Å². The van der Waals surface area contributed by atoms with Crippen molar-refractivity contribution in [2.24, 2.45) is 0 Å². The van der Waals surface area contributed by atoms with Gasteiger partial charge in [0.1, 0.15) is 5.82 Å². The average Bonchev–Trinajstić information content (AvgIpc) is 3.18. The third kappa shape index (κ3) is 3.51. The van der Waals surface area contributed by atoms with Crippen LogP contribution in [-0.4, -0.2) is 53.5 Å². The molecule has 7 heteroatoms. The number of piperidine rings is 1. The van der Waals surface area contributed by atoms with Gasteiger partial charge in [0.2, 0.25) is 5.13 Å². The van der Waals surface area contributed by atoms with Crippen molar-refractivity contribution < 1.29 is 4.79 Å². The topological polar surface area (TPSA) is 61.4 Å². The first-order valence-electron chi connectivity index (χ1n) is 8.20. The van der Waals surface area contributed by atoms with E-state index in [9.17, 15) is 4.79 Å². The molecule has 0 radical (unpaired) electrons. The Kier molecular flexibility index (Phi) is 4.81. The van der Waals surface area contributed by atoms with Crippen LogP contribution >= 0.6 is 11.5 Å². The minimum atomic E-state index is -0.0178. The van der Waals surface area contributed by atoms with E-state index in [4.69, 9.17) is 4.98 Å². The molecule has 1 aromatic rings. The number of urea groups is 1. The van der Waals surface area contributed by atoms with Gasteiger partial charge in [-0.15, -0.1) is 0 Å². The van der Waals surface area contributed by atoms with E-state index < -0.39 is 0 Å². The Hall–Kier alpha value is -1.37. The highest BCUT2D eigenvalue weighted by Gasteiger charge is 2.26. The Labute approximate surface area is 136 Å². The van der Waals surface area contributed by atoms with Crippen molar-refractivity contribution in [2.75, 3.05) is 32.1 Å². The molecule has 1 saturated carbocycles. The number of hydrogen-bond donors (Lipinski definition) is 1. The number of carbonyl (C=O) groups excluding carboxylic acids is 1. The highest BCUT2D eigenvalue weighted by atomic mass is 32.1. The van der Waals surface area contributed by atoms with Crippen molar-refractivity contribution in [3.8, 4) is 0 Å². The monoisotopic (exact) mass is 323 g/mol. The van der Waals surface area contributed by atoms with Gasteiger partial charge in [0.05, 0.1) is 0 Å². The van der Waals surface area contributed by atoms with E-state index in [2.05, 4.69) is 14.6 Å². The minimum absolute atomic E-state index is 0.0178. The van der Waals surface area contributed by atoms with E-state index in [1.54, 1.807) is 19.0 Å². The lowest BCUT2D eigenvalue weighted by molar-refractivity contribution is 0.211. The van der Waals surface area contributed by atoms with Gasteiger partial charge in [0.25, 0.3) is 0 Å². The van der Waals surface area contributed by atoms with Crippen LogP contribution in [0.2, 0.25) is 0 Å². The molecule has 2 amide bonds. The summed E-state index contributed by atoms with van der Waals surface area (Å²) >= 11 is 1.51. The maximum Gasteiger partial charge on any atom is 0.317 e. The highest BCUT2D eigenvalue weighted by molar-refractivity contribution is 7.09. The molecule has 0 aromatic carbocycles. The summed E-state index contributed by atoms with van der Waals surface area (Å²) in [5, 5.41) is 4.10. The lowest BCUT2D eigenvalue weighted by Crippen LogP contribution is -2.50. The fraction of sp³-hybridized carbons (Fsp3) is 0.800. The summed E-state index contributed by atoms with van der Waals surface area (Å²) in [7, 11) is 3.54. The summed E-state index contributed by atoms with van der Waals surface area (Å²) in [4.78, 5) is 20.4. The van der Waals surface area contributed by atoms with Crippen molar-refractivity contribution in [1.82, 2.24) is 19.6 Å². The summed E-state index contributed by atoms with van der Waals surface area (Å²) in [6.07, 6.45) is 7.19. The second kappa shape index (κ2) is 6.81. The van der Waals surface area contributed by atoms with Gasteiger partial charge in [0.15, 0.2) is 0 Å². The van der Waals surface area contributed by atoms with E-state index in [1.165, 1.54) is 37.2 Å². The molecule has 2 aliphatic rings. The molecule has 122 valence electrons. The van der Waals surface area contributed by atoms with Gasteiger partial charge in [-0.1, -0.05) is 12.8 Å². The molecule has 6 nitrogen and oxygen atoms in total. The Morgan fingerprint density at radius 1 is 1.27 bits per heavy atom. The third-order valence-corrected chi connectivity index (χ3v) is 5.37. The predicted molar refractivity (Wildman–Crippen MR) is 88.6 cm³/mol. The van der Waals surface area contributed by atoms with E-state index in [1.807, 2.05) is 0 Å². The van der Waals surface area contributed by atoms with Gasteiger partial charge in [-0.3, -0.25) is 0 Å². The zero-order valence-corrected chi connectivity index (χ0v) is 14.2. The van der Waals surface area contributed by atoms with Crippen molar-refractivity contribution in [3.05, 3.63) is 5.82 Å². The van der Waals surface area contributed by atoms with Gasteiger partial charge in [-0.05, 0) is 25.7 Å².